The minimum absolute atomic E-state index is 0.507. The molecule has 1 heterocycles. The summed E-state index contributed by atoms with van der Waals surface area (Å²) in [6.07, 6.45) is 4.05. The smallest absolute Gasteiger partial charge is 0.0314 e. The molecule has 0 aromatic carbocycles. The van der Waals surface area contributed by atoms with Gasteiger partial charge in [0, 0.05) is 15.4 Å². The number of thiophene rings is 1. The molecule has 0 aliphatic heterocycles. The van der Waals surface area contributed by atoms with Gasteiger partial charge >= 0.3 is 0 Å². The van der Waals surface area contributed by atoms with Crippen LogP contribution in [0.25, 0.3) is 0 Å². The molecule has 0 aliphatic carbocycles. The van der Waals surface area contributed by atoms with Crippen molar-refractivity contribution < 1.29 is 0 Å². The highest BCUT2D eigenvalue weighted by Gasteiger charge is 2.08. The second-order valence-electron chi connectivity index (χ2n) is 2.91. The van der Waals surface area contributed by atoms with E-state index in [9.17, 15) is 0 Å². The van der Waals surface area contributed by atoms with Crippen LogP contribution in [0.5, 0.6) is 0 Å². The molecule has 1 nitrogen and oxygen atoms in total. The molecule has 0 saturated heterocycles. The highest BCUT2D eigenvalue weighted by Crippen LogP contribution is 2.24. The first kappa shape index (κ1) is 11.0. The molecule has 1 N–H and O–H groups in total. The van der Waals surface area contributed by atoms with Gasteiger partial charge in [-0.1, -0.05) is 6.08 Å². The van der Waals surface area contributed by atoms with Crippen LogP contribution in [0.1, 0.15) is 11.3 Å². The molecule has 3 heteroatoms. The van der Waals surface area contributed by atoms with Gasteiger partial charge in [0.25, 0.3) is 0 Å². The van der Waals surface area contributed by atoms with Crippen LogP contribution in [0.4, 0.5) is 0 Å². The first-order valence-electron chi connectivity index (χ1n) is 4.28. The van der Waals surface area contributed by atoms with Crippen molar-refractivity contribution in [3.8, 4) is 0 Å². The maximum absolute atomic E-state index is 3.75. The second kappa shape index (κ2) is 5.58. The first-order chi connectivity index (χ1) is 6.27. The van der Waals surface area contributed by atoms with E-state index < -0.39 is 0 Å². The lowest BCUT2D eigenvalue weighted by Gasteiger charge is -2.12. The van der Waals surface area contributed by atoms with Gasteiger partial charge < -0.3 is 5.32 Å². The number of halogens is 1. The Morgan fingerprint density at radius 3 is 3.00 bits per heavy atom. The van der Waals surface area contributed by atoms with Crippen molar-refractivity contribution in [1.29, 1.82) is 0 Å². The average molecular weight is 260 g/mol. The molecule has 0 spiro atoms. The van der Waals surface area contributed by atoms with Crippen LogP contribution in [-0.2, 0) is 6.42 Å². The monoisotopic (exact) mass is 259 g/mol. The van der Waals surface area contributed by atoms with Crippen LogP contribution >= 0.6 is 27.3 Å². The molecule has 1 rings (SSSR count). The van der Waals surface area contributed by atoms with Gasteiger partial charge in [-0.15, -0.1) is 17.9 Å². The molecular formula is C10H14BrNS. The fourth-order valence-electron chi connectivity index (χ4n) is 1.20. The molecule has 1 atom stereocenters. The Balaban J connectivity index is 2.55. The standard InChI is InChI=1S/C10H14BrNS/c1-3-4-8(12-2)7-10-9(11)5-6-13-10/h3,5-6,8,12H,1,4,7H2,2H3. The Hall–Kier alpha value is -0.120. The first-order valence-corrected chi connectivity index (χ1v) is 5.95. The van der Waals surface area contributed by atoms with E-state index in [1.807, 2.05) is 13.1 Å². The summed E-state index contributed by atoms with van der Waals surface area (Å²) in [5, 5.41) is 5.39. The fourth-order valence-corrected chi connectivity index (χ4v) is 2.79. The summed E-state index contributed by atoms with van der Waals surface area (Å²) in [5.41, 5.74) is 0. The van der Waals surface area contributed by atoms with E-state index in [0.717, 1.165) is 12.8 Å². The minimum Gasteiger partial charge on any atom is -0.316 e. The average Bonchev–Trinajstić information content (AvgIpc) is 2.51. The Labute approximate surface area is 92.0 Å². The van der Waals surface area contributed by atoms with Crippen molar-refractivity contribution in [2.45, 2.75) is 18.9 Å². The molecule has 0 radical (unpaired) electrons. The van der Waals surface area contributed by atoms with Gasteiger partial charge in [0.05, 0.1) is 0 Å². The summed E-state index contributed by atoms with van der Waals surface area (Å²) in [4.78, 5) is 1.40. The molecule has 0 fully saturated rings. The van der Waals surface area contributed by atoms with Gasteiger partial charge in [0.2, 0.25) is 0 Å². The van der Waals surface area contributed by atoms with Crippen LogP contribution < -0.4 is 5.32 Å². The maximum atomic E-state index is 3.75. The molecule has 0 saturated carbocycles. The number of hydrogen-bond donors (Lipinski definition) is 1. The van der Waals surface area contributed by atoms with E-state index >= 15 is 0 Å². The SMILES string of the molecule is C=CCC(Cc1sccc1Br)NC. The highest BCUT2D eigenvalue weighted by molar-refractivity contribution is 9.10. The van der Waals surface area contributed by atoms with Gasteiger partial charge in [-0.3, -0.25) is 0 Å². The third kappa shape index (κ3) is 3.25. The highest BCUT2D eigenvalue weighted by atomic mass is 79.9. The van der Waals surface area contributed by atoms with Crippen LogP contribution in [0.3, 0.4) is 0 Å². The minimum atomic E-state index is 0.507. The van der Waals surface area contributed by atoms with E-state index in [2.05, 4.69) is 39.3 Å². The molecule has 13 heavy (non-hydrogen) atoms. The van der Waals surface area contributed by atoms with Gasteiger partial charge in [-0.2, -0.15) is 0 Å². The number of rotatable bonds is 5. The molecular weight excluding hydrogens is 246 g/mol. The molecule has 0 aliphatic rings. The number of nitrogens with one attached hydrogen (secondary N) is 1. The lowest BCUT2D eigenvalue weighted by atomic mass is 10.1. The third-order valence-electron chi connectivity index (χ3n) is 1.98. The Kier molecular flexibility index (Phi) is 4.70. The van der Waals surface area contributed by atoms with Gasteiger partial charge in [0.1, 0.15) is 0 Å². The lowest BCUT2D eigenvalue weighted by molar-refractivity contribution is 0.569. The van der Waals surface area contributed by atoms with Crippen molar-refractivity contribution in [2.24, 2.45) is 0 Å². The topological polar surface area (TPSA) is 12.0 Å². The van der Waals surface area contributed by atoms with Gasteiger partial charge in [0.15, 0.2) is 0 Å². The lowest BCUT2D eigenvalue weighted by Crippen LogP contribution is -2.26. The van der Waals surface area contributed by atoms with E-state index in [1.165, 1.54) is 9.35 Å². The molecule has 72 valence electrons. The maximum Gasteiger partial charge on any atom is 0.0314 e. The van der Waals surface area contributed by atoms with Crippen molar-refractivity contribution in [3.63, 3.8) is 0 Å². The molecule has 0 bridgehead atoms. The van der Waals surface area contributed by atoms with Crippen LogP contribution in [0.15, 0.2) is 28.6 Å². The Morgan fingerprint density at radius 2 is 2.54 bits per heavy atom. The summed E-state index contributed by atoms with van der Waals surface area (Å²) in [6, 6.07) is 2.60. The zero-order valence-electron chi connectivity index (χ0n) is 7.72. The van der Waals surface area contributed by atoms with Crippen LogP contribution in [0.2, 0.25) is 0 Å². The van der Waals surface area contributed by atoms with E-state index in [0.29, 0.717) is 6.04 Å². The summed E-state index contributed by atoms with van der Waals surface area (Å²) < 4.78 is 1.22. The zero-order chi connectivity index (χ0) is 9.68. The molecule has 0 amide bonds. The van der Waals surface area contributed by atoms with Gasteiger partial charge in [-0.25, -0.2) is 0 Å². The number of hydrogen-bond acceptors (Lipinski definition) is 2. The van der Waals surface area contributed by atoms with Crippen molar-refractivity contribution in [1.82, 2.24) is 5.32 Å². The quantitative estimate of drug-likeness (QED) is 0.801. The van der Waals surface area contributed by atoms with Crippen LogP contribution in [-0.4, -0.2) is 13.1 Å². The van der Waals surface area contributed by atoms with Gasteiger partial charge in [-0.05, 0) is 47.3 Å². The molecule has 1 aromatic rings. The third-order valence-corrected chi connectivity index (χ3v) is 3.93. The van der Waals surface area contributed by atoms with E-state index in [1.54, 1.807) is 11.3 Å². The van der Waals surface area contributed by atoms with Crippen LogP contribution in [0, 0.1) is 0 Å². The summed E-state index contributed by atoms with van der Waals surface area (Å²) in [6.45, 7) is 3.75. The fraction of sp³-hybridized carbons (Fsp3) is 0.400. The Morgan fingerprint density at radius 1 is 1.77 bits per heavy atom. The Bertz CT molecular complexity index is 270. The summed E-state index contributed by atoms with van der Waals surface area (Å²) in [7, 11) is 2.00. The second-order valence-corrected chi connectivity index (χ2v) is 4.76. The van der Waals surface area contributed by atoms with Crippen molar-refractivity contribution >= 4 is 27.3 Å². The van der Waals surface area contributed by atoms with Crippen molar-refractivity contribution in [3.05, 3.63) is 33.5 Å². The van der Waals surface area contributed by atoms with E-state index in [-0.39, 0.29) is 0 Å². The van der Waals surface area contributed by atoms with Crippen molar-refractivity contribution in [2.75, 3.05) is 7.05 Å². The predicted octanol–water partition coefficient (Wildman–Crippen LogP) is 3.22. The summed E-state index contributed by atoms with van der Waals surface area (Å²) in [5.74, 6) is 0. The summed E-state index contributed by atoms with van der Waals surface area (Å²) >= 11 is 5.33. The molecule has 1 unspecified atom stereocenters. The zero-order valence-corrected chi connectivity index (χ0v) is 10.1. The largest absolute Gasteiger partial charge is 0.316 e. The van der Waals surface area contributed by atoms with E-state index in [4.69, 9.17) is 0 Å². The number of likely N-dealkylation sites (N-methyl/N-ethyl adjacent to an activating group) is 1. The predicted molar refractivity (Wildman–Crippen MR) is 63.4 cm³/mol. The normalized spacial score (nSPS) is 12.8. The molecule has 1 aromatic heterocycles.